The van der Waals surface area contributed by atoms with Crippen molar-refractivity contribution in [2.24, 2.45) is 5.73 Å². The average molecular weight is 200 g/mol. The van der Waals surface area contributed by atoms with Crippen molar-refractivity contribution in [1.82, 2.24) is 9.80 Å². The molecule has 0 saturated carbocycles. The van der Waals surface area contributed by atoms with Crippen molar-refractivity contribution < 1.29 is 0 Å². The number of nitrogens with two attached hydrogens (primary N) is 1. The maximum atomic E-state index is 5.93. The van der Waals surface area contributed by atoms with Crippen LogP contribution in [0.2, 0.25) is 0 Å². The van der Waals surface area contributed by atoms with Gasteiger partial charge in [-0.3, -0.25) is 0 Å². The Morgan fingerprint density at radius 3 is 1.50 bits per heavy atom. The Balaban J connectivity index is 3.23. The van der Waals surface area contributed by atoms with Gasteiger partial charge in [-0.25, -0.2) is 0 Å². The normalized spacial score (nSPS) is 12.0. The summed E-state index contributed by atoms with van der Waals surface area (Å²) in [5, 5.41) is 0. The first kappa shape index (κ1) is 13.9. The summed E-state index contributed by atoms with van der Waals surface area (Å²) in [4.78, 5) is 4.40. The van der Waals surface area contributed by atoms with E-state index in [0.29, 0.717) is 0 Å². The molecule has 0 aromatic heterocycles. The molecule has 1 radical (unpaired) electrons. The smallest absolute Gasteiger partial charge is 0.0337 e. The molecule has 0 bridgehead atoms. The van der Waals surface area contributed by atoms with Crippen LogP contribution >= 0.6 is 0 Å². The second kappa shape index (κ2) is 8.21. The minimum absolute atomic E-state index is 1.08. The predicted molar refractivity (Wildman–Crippen MR) is 63.0 cm³/mol. The Morgan fingerprint density at radius 2 is 1.21 bits per heavy atom. The fourth-order valence-corrected chi connectivity index (χ4v) is 1.37. The minimum Gasteiger partial charge on any atom is -0.324 e. The number of rotatable bonds is 8. The lowest BCUT2D eigenvalue weighted by molar-refractivity contribution is 0.381. The molecule has 0 aliphatic heterocycles. The van der Waals surface area contributed by atoms with Gasteiger partial charge in [0.05, 0.1) is 0 Å². The molecular weight excluding hydrogens is 174 g/mol. The molecule has 0 atom stereocenters. The summed E-state index contributed by atoms with van der Waals surface area (Å²) >= 11 is 0. The standard InChI is InChI=1S/C11H26N3/c1-13(2)9-5-7-11(12)8-6-10-14(3)4/h5-10,12H2,1-4H3. The first-order chi connectivity index (χ1) is 6.52. The van der Waals surface area contributed by atoms with Crippen LogP contribution in [-0.2, 0) is 0 Å². The Labute approximate surface area is 89.2 Å². The number of nitrogens with zero attached hydrogens (tertiary/aromatic N) is 2. The third kappa shape index (κ3) is 9.96. The van der Waals surface area contributed by atoms with Crippen LogP contribution < -0.4 is 5.73 Å². The van der Waals surface area contributed by atoms with Crippen LogP contribution in [0.15, 0.2) is 0 Å². The highest BCUT2D eigenvalue weighted by molar-refractivity contribution is 4.81. The molecule has 2 N–H and O–H groups in total. The first-order valence-electron chi connectivity index (χ1n) is 5.42. The summed E-state index contributed by atoms with van der Waals surface area (Å²) in [6, 6.07) is 1.16. The summed E-state index contributed by atoms with van der Waals surface area (Å²) in [6.07, 6.45) is 4.51. The third-order valence-electron chi connectivity index (χ3n) is 2.21. The van der Waals surface area contributed by atoms with Crippen molar-refractivity contribution in [2.75, 3.05) is 41.3 Å². The van der Waals surface area contributed by atoms with Crippen molar-refractivity contribution >= 4 is 0 Å². The van der Waals surface area contributed by atoms with Crippen molar-refractivity contribution in [3.8, 4) is 0 Å². The fraction of sp³-hybridized carbons (Fsp3) is 0.909. The maximum Gasteiger partial charge on any atom is 0.0337 e. The summed E-state index contributed by atoms with van der Waals surface area (Å²) in [6.45, 7) is 2.27. The van der Waals surface area contributed by atoms with Crippen LogP contribution in [0.5, 0.6) is 0 Å². The molecule has 3 heteroatoms. The molecule has 14 heavy (non-hydrogen) atoms. The van der Waals surface area contributed by atoms with E-state index in [1.54, 1.807) is 0 Å². The van der Waals surface area contributed by atoms with Crippen LogP contribution in [0.25, 0.3) is 0 Å². The number of hydrogen-bond donors (Lipinski definition) is 1. The average Bonchev–Trinajstić information content (AvgIpc) is 2.02. The van der Waals surface area contributed by atoms with Crippen LogP contribution in [-0.4, -0.2) is 51.1 Å². The molecule has 0 heterocycles. The van der Waals surface area contributed by atoms with E-state index in [1.807, 2.05) is 0 Å². The van der Waals surface area contributed by atoms with E-state index in [-0.39, 0.29) is 0 Å². The summed E-state index contributed by atoms with van der Waals surface area (Å²) < 4.78 is 0. The summed E-state index contributed by atoms with van der Waals surface area (Å²) in [5.74, 6) is 0. The van der Waals surface area contributed by atoms with Crippen LogP contribution in [0.3, 0.4) is 0 Å². The lowest BCUT2D eigenvalue weighted by Gasteiger charge is -2.14. The summed E-state index contributed by atoms with van der Waals surface area (Å²) in [7, 11) is 8.40. The second-order valence-corrected chi connectivity index (χ2v) is 4.47. The van der Waals surface area contributed by atoms with E-state index >= 15 is 0 Å². The molecule has 0 aromatic carbocycles. The Morgan fingerprint density at radius 1 is 0.857 bits per heavy atom. The zero-order valence-corrected chi connectivity index (χ0v) is 10.2. The molecule has 0 spiro atoms. The van der Waals surface area contributed by atoms with Gasteiger partial charge in [-0.1, -0.05) is 0 Å². The number of hydrogen-bond acceptors (Lipinski definition) is 3. The molecule has 0 amide bonds. The van der Waals surface area contributed by atoms with Crippen molar-refractivity contribution in [2.45, 2.75) is 25.7 Å². The molecule has 0 aliphatic rings. The third-order valence-corrected chi connectivity index (χ3v) is 2.21. The minimum atomic E-state index is 1.08. The highest BCUT2D eigenvalue weighted by atomic mass is 15.1. The van der Waals surface area contributed by atoms with E-state index in [2.05, 4.69) is 38.0 Å². The largest absolute Gasteiger partial charge is 0.324 e. The van der Waals surface area contributed by atoms with Crippen molar-refractivity contribution in [3.05, 3.63) is 6.04 Å². The van der Waals surface area contributed by atoms with E-state index in [1.165, 1.54) is 12.8 Å². The van der Waals surface area contributed by atoms with Gasteiger partial charge in [0.2, 0.25) is 0 Å². The molecule has 3 nitrogen and oxygen atoms in total. The van der Waals surface area contributed by atoms with Gasteiger partial charge in [0.15, 0.2) is 0 Å². The Kier molecular flexibility index (Phi) is 8.14. The zero-order chi connectivity index (χ0) is 11.0. The Bertz CT molecular complexity index is 110. The Hall–Kier alpha value is -0.120. The van der Waals surface area contributed by atoms with E-state index < -0.39 is 0 Å². The second-order valence-electron chi connectivity index (χ2n) is 4.47. The quantitative estimate of drug-likeness (QED) is 0.638. The van der Waals surface area contributed by atoms with Gasteiger partial charge in [0.25, 0.3) is 0 Å². The van der Waals surface area contributed by atoms with E-state index in [9.17, 15) is 0 Å². The molecule has 0 aliphatic carbocycles. The fourth-order valence-electron chi connectivity index (χ4n) is 1.37. The van der Waals surface area contributed by atoms with Gasteiger partial charge in [-0.05, 0) is 67.0 Å². The molecule has 85 valence electrons. The SMILES string of the molecule is CN(C)CCC[C](N)CCCN(C)C. The molecular formula is C11H26N3. The van der Waals surface area contributed by atoms with Crippen LogP contribution in [0.4, 0.5) is 0 Å². The van der Waals surface area contributed by atoms with Gasteiger partial charge >= 0.3 is 0 Å². The van der Waals surface area contributed by atoms with E-state index in [0.717, 1.165) is 32.0 Å². The summed E-state index contributed by atoms with van der Waals surface area (Å²) in [5.41, 5.74) is 5.93. The lowest BCUT2D eigenvalue weighted by atomic mass is 10.1. The van der Waals surface area contributed by atoms with Gasteiger partial charge in [0.1, 0.15) is 0 Å². The molecule has 0 fully saturated rings. The van der Waals surface area contributed by atoms with Crippen molar-refractivity contribution in [3.63, 3.8) is 0 Å². The molecule has 0 saturated heterocycles. The van der Waals surface area contributed by atoms with Gasteiger partial charge in [-0.15, -0.1) is 0 Å². The highest BCUT2D eigenvalue weighted by Gasteiger charge is 2.03. The molecule has 0 aromatic rings. The predicted octanol–water partition coefficient (Wildman–Crippen LogP) is 1.16. The zero-order valence-electron chi connectivity index (χ0n) is 10.2. The highest BCUT2D eigenvalue weighted by Crippen LogP contribution is 2.09. The van der Waals surface area contributed by atoms with Crippen LogP contribution in [0, 0.1) is 6.04 Å². The van der Waals surface area contributed by atoms with Crippen LogP contribution in [0.1, 0.15) is 25.7 Å². The van der Waals surface area contributed by atoms with Gasteiger partial charge in [0, 0.05) is 6.04 Å². The van der Waals surface area contributed by atoms with Gasteiger partial charge in [-0.2, -0.15) is 0 Å². The lowest BCUT2D eigenvalue weighted by Crippen LogP contribution is -2.18. The monoisotopic (exact) mass is 200 g/mol. The van der Waals surface area contributed by atoms with Gasteiger partial charge < -0.3 is 15.5 Å². The molecule has 0 rings (SSSR count). The topological polar surface area (TPSA) is 32.5 Å². The maximum absolute atomic E-state index is 5.93. The van der Waals surface area contributed by atoms with Crippen molar-refractivity contribution in [1.29, 1.82) is 0 Å². The van der Waals surface area contributed by atoms with E-state index in [4.69, 9.17) is 5.73 Å². The first-order valence-corrected chi connectivity index (χ1v) is 5.42. The molecule has 0 unspecified atom stereocenters.